The standard InChI is InChI=1S/C32H38N4O3/c1-4-5-13-29-33-32(16-9-10-17-32)31(38)36(29)21-25-14-15-28(26-11-7-6-8-12-26)27(20-25)22-35(18-19-37)30-23(2)24(3)34-39-30/h6-8,11-12,14-15,19-20H,4-5,9-10,13,16-18,21-22H2,1-3H3. The Morgan fingerprint density at radius 1 is 1.10 bits per heavy atom. The van der Waals surface area contributed by atoms with E-state index in [-0.39, 0.29) is 12.5 Å². The summed E-state index contributed by atoms with van der Waals surface area (Å²) in [7, 11) is 0. The van der Waals surface area contributed by atoms with Crippen LogP contribution >= 0.6 is 0 Å². The number of aryl methyl sites for hydroxylation is 1. The van der Waals surface area contributed by atoms with Crippen LogP contribution in [0.2, 0.25) is 0 Å². The van der Waals surface area contributed by atoms with Crippen LogP contribution in [0.4, 0.5) is 5.88 Å². The second-order valence-corrected chi connectivity index (χ2v) is 10.9. The molecule has 204 valence electrons. The zero-order chi connectivity index (χ0) is 27.4. The molecule has 7 nitrogen and oxygen atoms in total. The average Bonchev–Trinajstić information content (AvgIpc) is 3.63. The van der Waals surface area contributed by atoms with Crippen LogP contribution in [-0.4, -0.2) is 40.2 Å². The average molecular weight is 527 g/mol. The van der Waals surface area contributed by atoms with E-state index in [1.807, 2.05) is 41.8 Å². The van der Waals surface area contributed by atoms with Crippen molar-refractivity contribution in [2.24, 2.45) is 4.99 Å². The number of carbonyl (C=O) groups is 2. The van der Waals surface area contributed by atoms with E-state index >= 15 is 0 Å². The van der Waals surface area contributed by atoms with Crippen molar-refractivity contribution in [3.63, 3.8) is 0 Å². The summed E-state index contributed by atoms with van der Waals surface area (Å²) in [6.45, 7) is 7.20. The largest absolute Gasteiger partial charge is 0.338 e. The number of anilines is 1. The van der Waals surface area contributed by atoms with Crippen molar-refractivity contribution in [3.05, 3.63) is 70.9 Å². The summed E-state index contributed by atoms with van der Waals surface area (Å²) in [5.74, 6) is 1.71. The van der Waals surface area contributed by atoms with Crippen LogP contribution in [0.25, 0.3) is 11.1 Å². The molecule has 1 saturated carbocycles. The molecule has 1 fully saturated rings. The first kappa shape index (κ1) is 26.9. The van der Waals surface area contributed by atoms with Gasteiger partial charge in [-0.15, -0.1) is 0 Å². The number of amides is 1. The van der Waals surface area contributed by atoms with Gasteiger partial charge in [0.15, 0.2) is 0 Å². The molecule has 0 N–H and O–H groups in total. The van der Waals surface area contributed by atoms with Crippen LogP contribution < -0.4 is 4.90 Å². The lowest BCUT2D eigenvalue weighted by atomic mass is 9.96. The van der Waals surface area contributed by atoms with Crippen LogP contribution in [-0.2, 0) is 22.7 Å². The van der Waals surface area contributed by atoms with Crippen LogP contribution in [0.15, 0.2) is 58.0 Å². The Morgan fingerprint density at radius 3 is 2.54 bits per heavy atom. The number of amidine groups is 1. The quantitative estimate of drug-likeness (QED) is 0.270. The van der Waals surface area contributed by atoms with Gasteiger partial charge in [-0.25, -0.2) is 0 Å². The monoisotopic (exact) mass is 526 g/mol. The van der Waals surface area contributed by atoms with Gasteiger partial charge in [0.2, 0.25) is 5.88 Å². The number of aromatic nitrogens is 1. The fraction of sp³-hybridized carbons (Fsp3) is 0.438. The van der Waals surface area contributed by atoms with Crippen molar-refractivity contribution in [3.8, 4) is 11.1 Å². The predicted molar refractivity (Wildman–Crippen MR) is 154 cm³/mol. The summed E-state index contributed by atoms with van der Waals surface area (Å²) in [5, 5.41) is 4.11. The maximum atomic E-state index is 13.7. The zero-order valence-electron chi connectivity index (χ0n) is 23.3. The van der Waals surface area contributed by atoms with Gasteiger partial charge >= 0.3 is 0 Å². The molecule has 1 aromatic heterocycles. The van der Waals surface area contributed by atoms with E-state index in [9.17, 15) is 9.59 Å². The fourth-order valence-electron chi connectivity index (χ4n) is 5.87. The van der Waals surface area contributed by atoms with E-state index in [0.29, 0.717) is 19.0 Å². The molecule has 1 aliphatic heterocycles. The lowest BCUT2D eigenvalue weighted by molar-refractivity contribution is -0.131. The third kappa shape index (κ3) is 5.40. The number of hydrogen-bond acceptors (Lipinski definition) is 6. The van der Waals surface area contributed by atoms with Gasteiger partial charge in [0.05, 0.1) is 18.8 Å². The van der Waals surface area contributed by atoms with Crippen molar-refractivity contribution < 1.29 is 14.1 Å². The highest BCUT2D eigenvalue weighted by molar-refractivity contribution is 6.08. The highest BCUT2D eigenvalue weighted by Gasteiger charge is 2.49. The molecule has 5 rings (SSSR count). The first-order valence-corrected chi connectivity index (χ1v) is 14.1. The molecule has 2 aromatic carbocycles. The molecule has 39 heavy (non-hydrogen) atoms. The van der Waals surface area contributed by atoms with Crippen LogP contribution in [0, 0.1) is 13.8 Å². The third-order valence-electron chi connectivity index (χ3n) is 8.15. The maximum absolute atomic E-state index is 13.7. The van der Waals surface area contributed by atoms with E-state index in [2.05, 4.69) is 42.4 Å². The summed E-state index contributed by atoms with van der Waals surface area (Å²) in [4.78, 5) is 34.3. The van der Waals surface area contributed by atoms with Crippen molar-refractivity contribution in [2.45, 2.75) is 84.3 Å². The highest BCUT2D eigenvalue weighted by atomic mass is 16.5. The molecule has 0 atom stereocenters. The van der Waals surface area contributed by atoms with Crippen molar-refractivity contribution in [1.29, 1.82) is 0 Å². The Morgan fingerprint density at radius 2 is 1.87 bits per heavy atom. The number of carbonyl (C=O) groups excluding carboxylic acids is 2. The molecular weight excluding hydrogens is 488 g/mol. The molecule has 2 heterocycles. The first-order valence-electron chi connectivity index (χ1n) is 14.1. The van der Waals surface area contributed by atoms with Gasteiger partial charge in [0, 0.05) is 18.5 Å². The fourth-order valence-corrected chi connectivity index (χ4v) is 5.87. The van der Waals surface area contributed by atoms with Gasteiger partial charge in [-0.05, 0) is 55.4 Å². The number of rotatable bonds is 11. The summed E-state index contributed by atoms with van der Waals surface area (Å²) in [6.07, 6.45) is 7.64. The van der Waals surface area contributed by atoms with Gasteiger partial charge in [-0.2, -0.15) is 0 Å². The second kappa shape index (κ2) is 11.6. The molecule has 1 amide bonds. The first-order chi connectivity index (χ1) is 19.0. The van der Waals surface area contributed by atoms with Gasteiger partial charge in [0.25, 0.3) is 5.91 Å². The Hall–Kier alpha value is -3.74. The van der Waals surface area contributed by atoms with E-state index < -0.39 is 5.54 Å². The summed E-state index contributed by atoms with van der Waals surface area (Å²) < 4.78 is 5.63. The molecular formula is C32H38N4O3. The third-order valence-corrected chi connectivity index (χ3v) is 8.15. The summed E-state index contributed by atoms with van der Waals surface area (Å²) in [6, 6.07) is 16.7. The maximum Gasteiger partial charge on any atom is 0.256 e. The zero-order valence-corrected chi connectivity index (χ0v) is 23.3. The minimum atomic E-state index is -0.543. The molecule has 0 saturated heterocycles. The Kier molecular flexibility index (Phi) is 7.96. The molecule has 0 bridgehead atoms. The summed E-state index contributed by atoms with van der Waals surface area (Å²) in [5.41, 5.74) is 5.49. The minimum absolute atomic E-state index is 0.162. The number of nitrogens with zero attached hydrogens (tertiary/aromatic N) is 4. The van der Waals surface area contributed by atoms with E-state index in [1.165, 1.54) is 0 Å². The lowest BCUT2D eigenvalue weighted by Gasteiger charge is -2.25. The van der Waals surface area contributed by atoms with Crippen molar-refractivity contribution in [2.75, 3.05) is 11.4 Å². The van der Waals surface area contributed by atoms with Crippen LogP contribution in [0.1, 0.15) is 74.3 Å². The molecule has 7 heteroatoms. The van der Waals surface area contributed by atoms with Crippen molar-refractivity contribution >= 4 is 23.9 Å². The van der Waals surface area contributed by atoms with Crippen molar-refractivity contribution in [1.82, 2.24) is 10.1 Å². The highest BCUT2D eigenvalue weighted by Crippen LogP contribution is 2.40. The predicted octanol–water partition coefficient (Wildman–Crippen LogP) is 6.41. The molecule has 0 radical (unpaired) electrons. The molecule has 2 aliphatic rings. The van der Waals surface area contributed by atoms with Crippen LogP contribution in [0.3, 0.4) is 0 Å². The normalized spacial score (nSPS) is 16.2. The summed E-state index contributed by atoms with van der Waals surface area (Å²) >= 11 is 0. The van der Waals surface area contributed by atoms with Gasteiger partial charge in [-0.1, -0.05) is 79.9 Å². The number of unbranched alkanes of at least 4 members (excludes halogenated alkanes) is 1. The number of aldehydes is 1. The van der Waals surface area contributed by atoms with Gasteiger partial charge in [0.1, 0.15) is 17.7 Å². The topological polar surface area (TPSA) is 79.0 Å². The second-order valence-electron chi connectivity index (χ2n) is 10.9. The Labute approximate surface area is 230 Å². The minimum Gasteiger partial charge on any atom is -0.338 e. The molecule has 1 aliphatic carbocycles. The van der Waals surface area contributed by atoms with Gasteiger partial charge < -0.3 is 14.2 Å². The Balaban J connectivity index is 1.50. The Bertz CT molecular complexity index is 1350. The number of aliphatic imine (C=N–C) groups is 1. The smallest absolute Gasteiger partial charge is 0.256 e. The molecule has 3 aromatic rings. The van der Waals surface area contributed by atoms with E-state index in [1.54, 1.807) is 0 Å². The van der Waals surface area contributed by atoms with Gasteiger partial charge in [-0.3, -0.25) is 14.7 Å². The lowest BCUT2D eigenvalue weighted by Crippen LogP contribution is -2.40. The SMILES string of the molecule is CCCCC1=NC2(CCCC2)C(=O)N1Cc1ccc(-c2ccccc2)c(CN(CC=O)c2onc(C)c2C)c1. The van der Waals surface area contributed by atoms with E-state index in [4.69, 9.17) is 9.52 Å². The number of hydrogen-bond donors (Lipinski definition) is 0. The molecule has 0 unspecified atom stereocenters. The van der Waals surface area contributed by atoms with E-state index in [0.717, 1.165) is 90.6 Å². The number of benzene rings is 2. The van der Waals surface area contributed by atoms with Crippen LogP contribution in [0.5, 0.6) is 0 Å². The molecule has 1 spiro atoms.